The fraction of sp³-hybridized carbons (Fsp3) is 0.222. The Morgan fingerprint density at radius 1 is 1.07 bits per heavy atom. The number of H-pyrrole nitrogens is 1. The number of benzene rings is 2. The third kappa shape index (κ3) is 3.26. The summed E-state index contributed by atoms with van der Waals surface area (Å²) in [4.78, 5) is 26.5. The summed E-state index contributed by atoms with van der Waals surface area (Å²) in [7, 11) is -3.52. The Bertz CT molecular complexity index is 1160. The summed E-state index contributed by atoms with van der Waals surface area (Å²) in [5.41, 5.74) is 1.38. The first-order chi connectivity index (χ1) is 12.9. The van der Waals surface area contributed by atoms with E-state index in [4.69, 9.17) is 4.42 Å². The Morgan fingerprint density at radius 3 is 2.48 bits per heavy atom. The number of nitrogens with zero attached hydrogens (tertiary/aromatic N) is 1. The van der Waals surface area contributed by atoms with Crippen molar-refractivity contribution in [1.82, 2.24) is 9.29 Å². The second-order valence-corrected chi connectivity index (χ2v) is 8.22. The number of hydrogen-bond acceptors (Lipinski definition) is 5. The quantitative estimate of drug-likeness (QED) is 0.712. The van der Waals surface area contributed by atoms with Gasteiger partial charge in [0, 0.05) is 18.7 Å². The smallest absolute Gasteiger partial charge is 0.406 e. The van der Waals surface area contributed by atoms with Crippen LogP contribution in [0.4, 0.5) is 5.69 Å². The lowest BCUT2D eigenvalue weighted by Gasteiger charge is -2.15. The van der Waals surface area contributed by atoms with Gasteiger partial charge in [0.05, 0.1) is 16.1 Å². The van der Waals surface area contributed by atoms with Gasteiger partial charge in [0.1, 0.15) is 0 Å². The van der Waals surface area contributed by atoms with Crippen LogP contribution in [0.15, 0.2) is 56.6 Å². The molecule has 0 bridgehead atoms. The number of carbonyl (C=O) groups is 1. The molecule has 1 saturated heterocycles. The Balaban J connectivity index is 1.56. The van der Waals surface area contributed by atoms with Crippen LogP contribution in [0.5, 0.6) is 0 Å². The van der Waals surface area contributed by atoms with Crippen LogP contribution in [-0.2, 0) is 10.0 Å². The molecule has 0 unspecified atom stereocenters. The molecular weight excluding hydrogens is 370 g/mol. The summed E-state index contributed by atoms with van der Waals surface area (Å²) in [5, 5.41) is 2.68. The molecule has 0 saturated carbocycles. The Kier molecular flexibility index (Phi) is 4.33. The molecule has 8 nitrogen and oxygen atoms in total. The molecule has 4 rings (SSSR count). The molecule has 1 aliphatic rings. The molecule has 1 fully saturated rings. The van der Waals surface area contributed by atoms with Crippen LogP contribution < -0.4 is 11.1 Å². The highest BCUT2D eigenvalue weighted by molar-refractivity contribution is 7.89. The molecule has 9 heteroatoms. The van der Waals surface area contributed by atoms with Gasteiger partial charge in [-0.15, -0.1) is 0 Å². The molecule has 1 amide bonds. The van der Waals surface area contributed by atoms with Crippen LogP contribution >= 0.6 is 0 Å². The fourth-order valence-corrected chi connectivity index (χ4v) is 4.64. The van der Waals surface area contributed by atoms with Crippen molar-refractivity contribution in [2.75, 3.05) is 18.4 Å². The zero-order chi connectivity index (χ0) is 19.0. The zero-order valence-corrected chi connectivity index (χ0v) is 15.1. The second-order valence-electron chi connectivity index (χ2n) is 6.29. The first-order valence-electron chi connectivity index (χ1n) is 8.48. The van der Waals surface area contributed by atoms with E-state index in [0.717, 1.165) is 12.8 Å². The van der Waals surface area contributed by atoms with Crippen molar-refractivity contribution < 1.29 is 17.6 Å². The van der Waals surface area contributed by atoms with E-state index in [9.17, 15) is 18.0 Å². The summed E-state index contributed by atoms with van der Waals surface area (Å²) < 4.78 is 31.6. The van der Waals surface area contributed by atoms with E-state index in [0.29, 0.717) is 29.9 Å². The van der Waals surface area contributed by atoms with Gasteiger partial charge in [-0.2, -0.15) is 4.31 Å². The number of rotatable bonds is 4. The number of oxazole rings is 1. The standard InChI is InChI=1S/C18H17N3O5S/c22-17(19-14-4-3-5-15-16(14)26-18(23)20-15)12-6-8-13(9-7-12)27(24,25)21-10-1-2-11-21/h3-9H,1-2,10-11H2,(H,19,22)(H,20,23). The van der Waals surface area contributed by atoms with Gasteiger partial charge in [0.2, 0.25) is 10.0 Å². The molecule has 1 aromatic heterocycles. The number of aromatic amines is 1. The summed E-state index contributed by atoms with van der Waals surface area (Å²) >= 11 is 0. The molecule has 2 N–H and O–H groups in total. The maximum atomic E-state index is 12.5. The molecule has 1 aliphatic heterocycles. The Labute approximate surface area is 154 Å². The highest BCUT2D eigenvalue weighted by Gasteiger charge is 2.27. The normalized spacial score (nSPS) is 15.3. The minimum absolute atomic E-state index is 0.166. The van der Waals surface area contributed by atoms with Crippen molar-refractivity contribution in [1.29, 1.82) is 0 Å². The highest BCUT2D eigenvalue weighted by Crippen LogP contribution is 2.23. The van der Waals surface area contributed by atoms with Crippen molar-refractivity contribution in [2.24, 2.45) is 0 Å². The molecule has 27 heavy (non-hydrogen) atoms. The van der Waals surface area contributed by atoms with Gasteiger partial charge in [-0.1, -0.05) is 6.07 Å². The molecule has 0 atom stereocenters. The molecule has 2 aromatic carbocycles. The van der Waals surface area contributed by atoms with E-state index < -0.39 is 21.7 Å². The number of anilines is 1. The third-order valence-corrected chi connectivity index (χ3v) is 6.43. The first-order valence-corrected chi connectivity index (χ1v) is 9.92. The van der Waals surface area contributed by atoms with Gasteiger partial charge < -0.3 is 9.73 Å². The SMILES string of the molecule is O=C(Nc1cccc2[nH]c(=O)oc12)c1ccc(S(=O)(=O)N2CCCC2)cc1. The second kappa shape index (κ2) is 6.67. The van der Waals surface area contributed by atoms with Crippen molar-refractivity contribution >= 4 is 32.7 Å². The molecule has 0 spiro atoms. The Hall–Kier alpha value is -2.91. The predicted octanol–water partition coefficient (Wildman–Crippen LogP) is 2.16. The molecule has 0 aliphatic carbocycles. The number of sulfonamides is 1. The molecule has 2 heterocycles. The van der Waals surface area contributed by atoms with Crippen LogP contribution in [0.1, 0.15) is 23.2 Å². The number of para-hydroxylation sites is 1. The van der Waals surface area contributed by atoms with E-state index >= 15 is 0 Å². The maximum Gasteiger partial charge on any atom is 0.417 e. The fourth-order valence-electron chi connectivity index (χ4n) is 3.12. The van der Waals surface area contributed by atoms with Gasteiger partial charge in [-0.25, -0.2) is 13.2 Å². The first kappa shape index (κ1) is 17.5. The molecule has 3 aromatic rings. The van der Waals surface area contributed by atoms with E-state index in [1.165, 1.54) is 28.6 Å². The van der Waals surface area contributed by atoms with Crippen molar-refractivity contribution in [3.05, 3.63) is 58.6 Å². The monoisotopic (exact) mass is 387 g/mol. The summed E-state index contributed by atoms with van der Waals surface area (Å²) in [6, 6.07) is 10.7. The van der Waals surface area contributed by atoms with Crippen molar-refractivity contribution in [3.63, 3.8) is 0 Å². The van der Waals surface area contributed by atoms with Crippen LogP contribution in [0, 0.1) is 0 Å². The number of hydrogen-bond donors (Lipinski definition) is 2. The van der Waals surface area contributed by atoms with Crippen molar-refractivity contribution in [2.45, 2.75) is 17.7 Å². The predicted molar refractivity (Wildman–Crippen MR) is 99.2 cm³/mol. The lowest BCUT2D eigenvalue weighted by molar-refractivity contribution is 0.102. The number of carbonyl (C=O) groups excluding carboxylic acids is 1. The number of fused-ring (bicyclic) bond motifs is 1. The highest BCUT2D eigenvalue weighted by atomic mass is 32.2. The van der Waals surface area contributed by atoms with Crippen LogP contribution in [0.3, 0.4) is 0 Å². The molecular formula is C18H17N3O5S. The summed E-state index contributed by atoms with van der Waals surface area (Å²) in [6.45, 7) is 1.05. The van der Waals surface area contributed by atoms with Crippen molar-refractivity contribution in [3.8, 4) is 0 Å². The molecule has 0 radical (unpaired) electrons. The lowest BCUT2D eigenvalue weighted by Crippen LogP contribution is -2.27. The summed E-state index contributed by atoms with van der Waals surface area (Å²) in [6.07, 6.45) is 1.72. The average Bonchev–Trinajstić information content (AvgIpc) is 3.31. The zero-order valence-electron chi connectivity index (χ0n) is 14.3. The van der Waals surface area contributed by atoms with Crippen LogP contribution in [0.25, 0.3) is 11.1 Å². The minimum Gasteiger partial charge on any atom is -0.406 e. The van der Waals surface area contributed by atoms with E-state index in [1.807, 2.05) is 0 Å². The van der Waals surface area contributed by atoms with Gasteiger partial charge in [-0.05, 0) is 49.2 Å². The maximum absolute atomic E-state index is 12.5. The largest absolute Gasteiger partial charge is 0.417 e. The third-order valence-electron chi connectivity index (χ3n) is 4.51. The van der Waals surface area contributed by atoms with E-state index in [-0.39, 0.29) is 10.5 Å². The van der Waals surface area contributed by atoms with Gasteiger partial charge in [-0.3, -0.25) is 9.78 Å². The van der Waals surface area contributed by atoms with Crippen LogP contribution in [0.2, 0.25) is 0 Å². The minimum atomic E-state index is -3.52. The number of amides is 1. The van der Waals surface area contributed by atoms with Crippen LogP contribution in [-0.4, -0.2) is 36.7 Å². The van der Waals surface area contributed by atoms with Gasteiger partial charge >= 0.3 is 5.76 Å². The van der Waals surface area contributed by atoms with E-state index in [2.05, 4.69) is 10.3 Å². The lowest BCUT2D eigenvalue weighted by atomic mass is 10.2. The topological polar surface area (TPSA) is 112 Å². The van der Waals surface area contributed by atoms with Gasteiger partial charge in [0.15, 0.2) is 5.58 Å². The number of nitrogens with one attached hydrogen (secondary N) is 2. The molecule has 140 valence electrons. The Morgan fingerprint density at radius 2 is 1.78 bits per heavy atom. The average molecular weight is 387 g/mol. The van der Waals surface area contributed by atoms with E-state index in [1.54, 1.807) is 18.2 Å². The number of aromatic nitrogens is 1. The van der Waals surface area contributed by atoms with Gasteiger partial charge in [0.25, 0.3) is 5.91 Å². The summed E-state index contributed by atoms with van der Waals surface area (Å²) in [5.74, 6) is -1.04.